The third kappa shape index (κ3) is 5.78. The average molecular weight is 458 g/mol. The first-order valence-corrected chi connectivity index (χ1v) is 10.4. The summed E-state index contributed by atoms with van der Waals surface area (Å²) in [5.74, 6) is -0.241. The van der Waals surface area contributed by atoms with Crippen molar-refractivity contribution in [2.75, 3.05) is 7.11 Å². The Kier molecular flexibility index (Phi) is 7.55. The highest BCUT2D eigenvalue weighted by Crippen LogP contribution is 2.22. The highest BCUT2D eigenvalue weighted by molar-refractivity contribution is 6.35. The molecule has 0 atom stereocenters. The van der Waals surface area contributed by atoms with E-state index in [4.69, 9.17) is 33.0 Å². The number of benzene rings is 2. The predicted octanol–water partition coefficient (Wildman–Crippen LogP) is 5.67. The van der Waals surface area contributed by atoms with Crippen molar-refractivity contribution in [3.63, 3.8) is 0 Å². The SMILES string of the molecule is COc1cccc(C=Cc2c(Cl)cc(Cl)c(=O)n2CCCc2cccc(C(=O)O)c2)c1. The van der Waals surface area contributed by atoms with E-state index in [9.17, 15) is 9.59 Å². The van der Waals surface area contributed by atoms with Crippen molar-refractivity contribution in [1.29, 1.82) is 0 Å². The molecular formula is C24H21Cl2NO4. The second-order valence-corrected chi connectivity index (χ2v) is 7.72. The minimum absolute atomic E-state index is 0.0522. The quantitative estimate of drug-likeness (QED) is 0.473. The van der Waals surface area contributed by atoms with Crippen LogP contribution in [0.2, 0.25) is 10.0 Å². The molecule has 3 aromatic rings. The second-order valence-electron chi connectivity index (χ2n) is 6.90. The van der Waals surface area contributed by atoms with E-state index >= 15 is 0 Å². The van der Waals surface area contributed by atoms with E-state index in [1.165, 1.54) is 6.07 Å². The molecule has 1 N–H and O–H groups in total. The van der Waals surface area contributed by atoms with Gasteiger partial charge in [-0.05, 0) is 60.4 Å². The summed E-state index contributed by atoms with van der Waals surface area (Å²) in [5.41, 5.74) is 2.25. The minimum atomic E-state index is -0.968. The zero-order chi connectivity index (χ0) is 22.4. The number of aryl methyl sites for hydroxylation is 1. The maximum absolute atomic E-state index is 12.7. The normalized spacial score (nSPS) is 11.1. The molecule has 0 bridgehead atoms. The molecule has 2 aromatic carbocycles. The number of methoxy groups -OCH3 is 1. The fourth-order valence-electron chi connectivity index (χ4n) is 3.23. The van der Waals surface area contributed by atoms with Crippen LogP contribution in [0.5, 0.6) is 5.75 Å². The maximum Gasteiger partial charge on any atom is 0.335 e. The fraction of sp³-hybridized carbons (Fsp3) is 0.167. The van der Waals surface area contributed by atoms with Gasteiger partial charge in [-0.2, -0.15) is 0 Å². The first kappa shape index (κ1) is 22.7. The van der Waals surface area contributed by atoms with E-state index in [0.29, 0.717) is 30.1 Å². The Hall–Kier alpha value is -3.02. The van der Waals surface area contributed by atoms with Gasteiger partial charge in [-0.15, -0.1) is 0 Å². The van der Waals surface area contributed by atoms with E-state index in [1.54, 1.807) is 36.0 Å². The number of rotatable bonds is 8. The number of carboxylic acid groups (broad SMARTS) is 1. The Morgan fingerprint density at radius 2 is 1.84 bits per heavy atom. The standard InChI is InChI=1S/C24H21Cl2NO4/c1-31-19-9-3-6-17(14-19)10-11-22-20(25)15-21(26)23(28)27(22)12-4-7-16-5-2-8-18(13-16)24(29)30/h2-3,5-6,8-11,13-15H,4,7,12H2,1H3,(H,29,30). The third-order valence-electron chi connectivity index (χ3n) is 4.79. The summed E-state index contributed by atoms with van der Waals surface area (Å²) >= 11 is 12.5. The first-order chi connectivity index (χ1) is 14.9. The van der Waals surface area contributed by atoms with E-state index in [-0.39, 0.29) is 16.1 Å². The smallest absolute Gasteiger partial charge is 0.335 e. The molecule has 31 heavy (non-hydrogen) atoms. The number of hydrogen-bond acceptors (Lipinski definition) is 3. The van der Waals surface area contributed by atoms with Crippen LogP contribution >= 0.6 is 23.2 Å². The topological polar surface area (TPSA) is 68.5 Å². The van der Waals surface area contributed by atoms with Crippen molar-refractivity contribution in [1.82, 2.24) is 4.57 Å². The molecule has 5 nitrogen and oxygen atoms in total. The molecule has 0 unspecified atom stereocenters. The van der Waals surface area contributed by atoms with Crippen molar-refractivity contribution in [2.45, 2.75) is 19.4 Å². The molecule has 0 radical (unpaired) electrons. The molecule has 160 valence electrons. The highest BCUT2D eigenvalue weighted by Gasteiger charge is 2.11. The van der Waals surface area contributed by atoms with Crippen LogP contribution in [0.4, 0.5) is 0 Å². The number of aromatic nitrogens is 1. The molecule has 3 rings (SSSR count). The van der Waals surface area contributed by atoms with E-state index in [0.717, 1.165) is 16.9 Å². The lowest BCUT2D eigenvalue weighted by molar-refractivity contribution is 0.0696. The van der Waals surface area contributed by atoms with Crippen molar-refractivity contribution >= 4 is 41.3 Å². The van der Waals surface area contributed by atoms with Gasteiger partial charge in [0.05, 0.1) is 23.4 Å². The number of ether oxygens (including phenoxy) is 1. The van der Waals surface area contributed by atoms with Crippen LogP contribution in [-0.2, 0) is 13.0 Å². The Labute approximate surface area is 190 Å². The van der Waals surface area contributed by atoms with Crippen molar-refractivity contribution in [3.05, 3.63) is 97.4 Å². The second kappa shape index (κ2) is 10.3. The van der Waals surface area contributed by atoms with Crippen LogP contribution in [0.3, 0.4) is 0 Å². The molecule has 0 saturated heterocycles. The number of nitrogens with zero attached hydrogens (tertiary/aromatic N) is 1. The summed E-state index contributed by atoms with van der Waals surface area (Å²) in [6.45, 7) is 0.383. The lowest BCUT2D eigenvalue weighted by Crippen LogP contribution is -2.23. The zero-order valence-electron chi connectivity index (χ0n) is 16.8. The number of carbonyl (C=O) groups is 1. The molecule has 0 saturated carbocycles. The first-order valence-electron chi connectivity index (χ1n) is 9.62. The van der Waals surface area contributed by atoms with Gasteiger partial charge in [0.15, 0.2) is 0 Å². The van der Waals surface area contributed by atoms with Crippen molar-refractivity contribution in [3.8, 4) is 5.75 Å². The monoisotopic (exact) mass is 457 g/mol. The van der Waals surface area contributed by atoms with Crippen LogP contribution in [0.15, 0.2) is 59.4 Å². The number of halogens is 2. The molecule has 0 aliphatic carbocycles. The van der Waals surface area contributed by atoms with Gasteiger partial charge in [-0.3, -0.25) is 4.79 Å². The van der Waals surface area contributed by atoms with Gasteiger partial charge >= 0.3 is 5.97 Å². The molecule has 0 amide bonds. The molecule has 0 aliphatic rings. The van der Waals surface area contributed by atoms with E-state index in [1.807, 2.05) is 36.4 Å². The molecule has 0 fully saturated rings. The summed E-state index contributed by atoms with van der Waals surface area (Å²) in [5, 5.41) is 9.57. The Bertz CT molecular complexity index is 1180. The van der Waals surface area contributed by atoms with Crippen molar-refractivity contribution < 1.29 is 14.6 Å². The van der Waals surface area contributed by atoms with Crippen LogP contribution in [0.1, 0.15) is 33.6 Å². The van der Waals surface area contributed by atoms with Crippen LogP contribution in [0.25, 0.3) is 12.2 Å². The summed E-state index contributed by atoms with van der Waals surface area (Å²) < 4.78 is 6.78. The number of pyridine rings is 1. The van der Waals surface area contributed by atoms with Gasteiger partial charge in [0.1, 0.15) is 10.8 Å². The van der Waals surface area contributed by atoms with Crippen LogP contribution < -0.4 is 10.3 Å². The van der Waals surface area contributed by atoms with Crippen molar-refractivity contribution in [2.24, 2.45) is 0 Å². The van der Waals surface area contributed by atoms with E-state index < -0.39 is 5.97 Å². The molecule has 1 aromatic heterocycles. The molecule has 1 heterocycles. The number of hydrogen-bond donors (Lipinski definition) is 1. The Balaban J connectivity index is 1.84. The zero-order valence-corrected chi connectivity index (χ0v) is 18.4. The molecule has 7 heteroatoms. The van der Waals surface area contributed by atoms with Gasteiger partial charge in [0.2, 0.25) is 0 Å². The number of aromatic carboxylic acids is 1. The maximum atomic E-state index is 12.7. The highest BCUT2D eigenvalue weighted by atomic mass is 35.5. The third-order valence-corrected chi connectivity index (χ3v) is 5.36. The molecular weight excluding hydrogens is 437 g/mol. The predicted molar refractivity (Wildman–Crippen MR) is 124 cm³/mol. The van der Waals surface area contributed by atoms with Gasteiger partial charge < -0.3 is 14.4 Å². The number of carboxylic acids is 1. The van der Waals surface area contributed by atoms with Crippen LogP contribution in [0, 0.1) is 0 Å². The lowest BCUT2D eigenvalue weighted by atomic mass is 10.1. The Morgan fingerprint density at radius 1 is 1.06 bits per heavy atom. The minimum Gasteiger partial charge on any atom is -0.497 e. The van der Waals surface area contributed by atoms with Gasteiger partial charge in [-0.1, -0.05) is 53.5 Å². The van der Waals surface area contributed by atoms with Gasteiger partial charge in [-0.25, -0.2) is 4.79 Å². The Morgan fingerprint density at radius 3 is 2.58 bits per heavy atom. The summed E-state index contributed by atoms with van der Waals surface area (Å²) in [7, 11) is 1.60. The lowest BCUT2D eigenvalue weighted by Gasteiger charge is -2.13. The summed E-state index contributed by atoms with van der Waals surface area (Å²) in [6, 6.07) is 15.7. The molecule has 0 aliphatic heterocycles. The van der Waals surface area contributed by atoms with Gasteiger partial charge in [0.25, 0.3) is 5.56 Å². The summed E-state index contributed by atoms with van der Waals surface area (Å²) in [4.78, 5) is 23.8. The van der Waals surface area contributed by atoms with Gasteiger partial charge in [0, 0.05) is 6.54 Å². The average Bonchev–Trinajstić information content (AvgIpc) is 2.77. The fourth-order valence-corrected chi connectivity index (χ4v) is 3.77. The van der Waals surface area contributed by atoms with E-state index in [2.05, 4.69) is 0 Å². The molecule has 0 spiro atoms. The summed E-state index contributed by atoms with van der Waals surface area (Å²) in [6.07, 6.45) is 4.85. The van der Waals surface area contributed by atoms with Crippen LogP contribution in [-0.4, -0.2) is 22.8 Å². The largest absolute Gasteiger partial charge is 0.497 e.